The third kappa shape index (κ3) is 3.22. The molecule has 0 unspecified atom stereocenters. The van der Waals surface area contributed by atoms with E-state index in [0.717, 1.165) is 16.2 Å². The van der Waals surface area contributed by atoms with Crippen LogP contribution in [0, 0.1) is 5.82 Å². The number of hydrogen-bond donors (Lipinski definition) is 1. The summed E-state index contributed by atoms with van der Waals surface area (Å²) >= 11 is 1.27. The lowest BCUT2D eigenvalue weighted by atomic mass is 10.2. The summed E-state index contributed by atoms with van der Waals surface area (Å²) in [5.41, 5.74) is 0.0983. The Morgan fingerprint density at radius 1 is 1.09 bits per heavy atom. The highest BCUT2D eigenvalue weighted by Crippen LogP contribution is 2.28. The lowest BCUT2D eigenvalue weighted by molar-refractivity contribution is 0.0851. The smallest absolute Gasteiger partial charge is 0.268 e. The summed E-state index contributed by atoms with van der Waals surface area (Å²) in [6.07, 6.45) is 0. The van der Waals surface area contributed by atoms with Gasteiger partial charge in [-0.25, -0.2) is 4.39 Å². The highest BCUT2D eigenvalue weighted by Gasteiger charge is 2.15. The summed E-state index contributed by atoms with van der Waals surface area (Å²) in [7, 11) is 1.57. The zero-order chi connectivity index (χ0) is 16.4. The summed E-state index contributed by atoms with van der Waals surface area (Å²) in [4.78, 5) is 24.6. The molecule has 0 saturated carbocycles. The van der Waals surface area contributed by atoms with E-state index in [4.69, 9.17) is 4.74 Å². The van der Waals surface area contributed by atoms with Crippen molar-refractivity contribution in [3.8, 4) is 5.75 Å². The molecule has 1 heterocycles. The predicted molar refractivity (Wildman–Crippen MR) is 86.6 cm³/mol. The largest absolute Gasteiger partial charge is 0.497 e. The van der Waals surface area contributed by atoms with Crippen molar-refractivity contribution in [2.75, 3.05) is 7.11 Å². The zero-order valence-electron chi connectivity index (χ0n) is 12.1. The quantitative estimate of drug-likeness (QED) is 0.747. The number of hydrogen-bond acceptors (Lipinski definition) is 4. The molecule has 0 aliphatic rings. The van der Waals surface area contributed by atoms with Gasteiger partial charge in [-0.05, 0) is 47.9 Å². The van der Waals surface area contributed by atoms with E-state index in [-0.39, 0.29) is 5.56 Å². The number of carbonyl (C=O) groups is 2. The van der Waals surface area contributed by atoms with Crippen molar-refractivity contribution in [3.63, 3.8) is 0 Å². The Morgan fingerprint density at radius 3 is 2.65 bits per heavy atom. The Bertz CT molecular complexity index is 904. The fourth-order valence-electron chi connectivity index (χ4n) is 2.13. The minimum atomic E-state index is -0.635. The summed E-state index contributed by atoms with van der Waals surface area (Å²) in [6, 6.07) is 12.3. The standard InChI is InChI=1S/C17H12FNO3S/c1-22-13-5-6-14-11(8-13)9-15(23-14)17(21)19-16(20)10-3-2-4-12(18)7-10/h2-9H,1H3,(H,19,20,21). The second-order valence-corrected chi connectivity index (χ2v) is 5.89. The molecule has 0 radical (unpaired) electrons. The van der Waals surface area contributed by atoms with Crippen molar-refractivity contribution in [3.05, 3.63) is 64.8 Å². The Balaban J connectivity index is 1.81. The van der Waals surface area contributed by atoms with Crippen LogP contribution in [0.2, 0.25) is 0 Å². The topological polar surface area (TPSA) is 55.4 Å². The molecule has 0 saturated heterocycles. The number of imide groups is 1. The molecular weight excluding hydrogens is 317 g/mol. The van der Waals surface area contributed by atoms with Crippen molar-refractivity contribution in [1.82, 2.24) is 5.32 Å². The molecule has 23 heavy (non-hydrogen) atoms. The van der Waals surface area contributed by atoms with Crippen molar-refractivity contribution in [2.24, 2.45) is 0 Å². The van der Waals surface area contributed by atoms with Gasteiger partial charge < -0.3 is 4.74 Å². The molecule has 2 amide bonds. The molecule has 0 aliphatic heterocycles. The van der Waals surface area contributed by atoms with Gasteiger partial charge >= 0.3 is 0 Å². The molecule has 1 N–H and O–H groups in total. The van der Waals surface area contributed by atoms with Crippen LogP contribution in [-0.4, -0.2) is 18.9 Å². The van der Waals surface area contributed by atoms with Crippen LogP contribution in [0.4, 0.5) is 4.39 Å². The highest BCUT2D eigenvalue weighted by atomic mass is 32.1. The van der Waals surface area contributed by atoms with E-state index >= 15 is 0 Å². The van der Waals surface area contributed by atoms with Crippen molar-refractivity contribution < 1.29 is 18.7 Å². The number of methoxy groups -OCH3 is 1. The Labute approximate surface area is 135 Å². The van der Waals surface area contributed by atoms with E-state index in [1.807, 2.05) is 12.1 Å². The third-order valence-corrected chi connectivity index (χ3v) is 4.38. The normalized spacial score (nSPS) is 10.5. The molecule has 4 nitrogen and oxygen atoms in total. The highest BCUT2D eigenvalue weighted by molar-refractivity contribution is 7.20. The van der Waals surface area contributed by atoms with Crippen LogP contribution in [0.25, 0.3) is 10.1 Å². The van der Waals surface area contributed by atoms with E-state index in [0.29, 0.717) is 10.6 Å². The van der Waals surface area contributed by atoms with Crippen LogP contribution in [0.5, 0.6) is 5.75 Å². The van der Waals surface area contributed by atoms with Gasteiger partial charge in [-0.1, -0.05) is 6.07 Å². The first-order valence-electron chi connectivity index (χ1n) is 6.75. The number of benzene rings is 2. The first kappa shape index (κ1) is 15.2. The van der Waals surface area contributed by atoms with Gasteiger partial charge in [-0.15, -0.1) is 11.3 Å². The molecule has 0 fully saturated rings. The molecule has 0 bridgehead atoms. The maximum atomic E-state index is 13.1. The van der Waals surface area contributed by atoms with Crippen LogP contribution in [-0.2, 0) is 0 Å². The first-order valence-corrected chi connectivity index (χ1v) is 7.57. The van der Waals surface area contributed by atoms with Crippen molar-refractivity contribution in [1.29, 1.82) is 0 Å². The number of thiophene rings is 1. The minimum absolute atomic E-state index is 0.0983. The van der Waals surface area contributed by atoms with E-state index in [1.165, 1.54) is 29.5 Å². The molecule has 6 heteroatoms. The molecule has 0 atom stereocenters. The Morgan fingerprint density at radius 2 is 1.91 bits per heavy atom. The molecule has 0 aliphatic carbocycles. The molecule has 2 aromatic carbocycles. The zero-order valence-corrected chi connectivity index (χ0v) is 12.9. The number of carbonyl (C=O) groups excluding carboxylic acids is 2. The predicted octanol–water partition coefficient (Wildman–Crippen LogP) is 3.62. The SMILES string of the molecule is COc1ccc2sc(C(=O)NC(=O)c3cccc(F)c3)cc2c1. The van der Waals surface area contributed by atoms with E-state index in [1.54, 1.807) is 19.2 Å². The van der Waals surface area contributed by atoms with Gasteiger partial charge in [0.15, 0.2) is 0 Å². The number of ether oxygens (including phenoxy) is 1. The number of nitrogens with one attached hydrogen (secondary N) is 1. The average molecular weight is 329 g/mol. The van der Waals surface area contributed by atoms with Gasteiger partial charge in [0, 0.05) is 10.3 Å². The lowest BCUT2D eigenvalue weighted by Crippen LogP contribution is -2.29. The first-order chi connectivity index (χ1) is 11.1. The van der Waals surface area contributed by atoms with Gasteiger partial charge in [0.05, 0.1) is 12.0 Å². The summed E-state index contributed by atoms with van der Waals surface area (Å²) < 4.78 is 19.2. The Kier molecular flexibility index (Phi) is 4.08. The van der Waals surface area contributed by atoms with Gasteiger partial charge in [0.25, 0.3) is 11.8 Å². The summed E-state index contributed by atoms with van der Waals surface area (Å²) in [6.45, 7) is 0. The van der Waals surface area contributed by atoms with Crippen LogP contribution >= 0.6 is 11.3 Å². The molecule has 0 spiro atoms. The maximum Gasteiger partial charge on any atom is 0.268 e. The van der Waals surface area contributed by atoms with Crippen LogP contribution in [0.1, 0.15) is 20.0 Å². The van der Waals surface area contributed by atoms with Crippen LogP contribution in [0.3, 0.4) is 0 Å². The summed E-state index contributed by atoms with van der Waals surface area (Å²) in [5, 5.41) is 3.12. The number of rotatable bonds is 3. The van der Waals surface area contributed by atoms with Gasteiger partial charge in [-0.3, -0.25) is 14.9 Å². The van der Waals surface area contributed by atoms with E-state index in [2.05, 4.69) is 5.32 Å². The van der Waals surface area contributed by atoms with Gasteiger partial charge in [0.2, 0.25) is 0 Å². The number of fused-ring (bicyclic) bond motifs is 1. The third-order valence-electron chi connectivity index (χ3n) is 3.26. The second-order valence-electron chi connectivity index (χ2n) is 4.81. The van der Waals surface area contributed by atoms with E-state index < -0.39 is 17.6 Å². The monoisotopic (exact) mass is 329 g/mol. The van der Waals surface area contributed by atoms with Gasteiger partial charge in [0.1, 0.15) is 11.6 Å². The van der Waals surface area contributed by atoms with E-state index in [9.17, 15) is 14.0 Å². The fourth-order valence-corrected chi connectivity index (χ4v) is 3.07. The van der Waals surface area contributed by atoms with Crippen LogP contribution in [0.15, 0.2) is 48.5 Å². The maximum absolute atomic E-state index is 13.1. The molecular formula is C17H12FNO3S. The fraction of sp³-hybridized carbons (Fsp3) is 0.0588. The number of amides is 2. The number of halogens is 1. The Hall–Kier alpha value is -2.73. The van der Waals surface area contributed by atoms with Crippen LogP contribution < -0.4 is 10.1 Å². The average Bonchev–Trinajstić information content (AvgIpc) is 2.97. The molecule has 116 valence electrons. The molecule has 1 aromatic heterocycles. The minimum Gasteiger partial charge on any atom is -0.497 e. The summed E-state index contributed by atoms with van der Waals surface area (Å²) in [5.74, 6) is -0.985. The lowest BCUT2D eigenvalue weighted by Gasteiger charge is -2.02. The van der Waals surface area contributed by atoms with Crippen molar-refractivity contribution >= 4 is 33.2 Å². The molecule has 3 aromatic rings. The second kappa shape index (κ2) is 6.18. The van der Waals surface area contributed by atoms with Crippen molar-refractivity contribution in [2.45, 2.75) is 0 Å². The van der Waals surface area contributed by atoms with Gasteiger partial charge in [-0.2, -0.15) is 0 Å². The molecule has 3 rings (SSSR count).